The minimum Gasteiger partial charge on any atom is -0.369 e. The second-order valence-corrected chi connectivity index (χ2v) is 7.16. The molecule has 1 aromatic carbocycles. The van der Waals surface area contributed by atoms with Gasteiger partial charge >= 0.3 is 0 Å². The molecule has 6 heteroatoms. The Labute approximate surface area is 142 Å². The summed E-state index contributed by atoms with van der Waals surface area (Å²) in [7, 11) is 0. The van der Waals surface area contributed by atoms with Crippen LogP contribution in [0.15, 0.2) is 29.2 Å². The highest BCUT2D eigenvalue weighted by Crippen LogP contribution is 2.17. The maximum Gasteiger partial charge on any atom is 0.234 e. The van der Waals surface area contributed by atoms with Gasteiger partial charge in [-0.05, 0) is 38.4 Å². The van der Waals surface area contributed by atoms with Crippen molar-refractivity contribution in [3.8, 4) is 0 Å². The van der Waals surface area contributed by atoms with Gasteiger partial charge in [0.15, 0.2) is 0 Å². The third kappa shape index (κ3) is 6.23. The third-order valence-electron chi connectivity index (χ3n) is 3.99. The van der Waals surface area contributed by atoms with Gasteiger partial charge in [-0.1, -0.05) is 17.7 Å². The first-order chi connectivity index (χ1) is 11.0. The zero-order valence-corrected chi connectivity index (χ0v) is 14.4. The van der Waals surface area contributed by atoms with Crippen LogP contribution in [-0.2, 0) is 9.59 Å². The molecule has 1 aliphatic heterocycles. The van der Waals surface area contributed by atoms with Gasteiger partial charge in [-0.3, -0.25) is 14.5 Å². The van der Waals surface area contributed by atoms with Crippen molar-refractivity contribution in [2.24, 2.45) is 11.7 Å². The highest BCUT2D eigenvalue weighted by molar-refractivity contribution is 7.99. The van der Waals surface area contributed by atoms with E-state index in [2.05, 4.69) is 36.5 Å². The number of aryl methyl sites for hydroxylation is 1. The normalized spacial score (nSPS) is 18.6. The molecule has 23 heavy (non-hydrogen) atoms. The number of carbonyl (C=O) groups is 2. The predicted octanol–water partition coefficient (Wildman–Crippen LogP) is 1.40. The molecule has 126 valence electrons. The van der Waals surface area contributed by atoms with Gasteiger partial charge in [0.25, 0.3) is 0 Å². The zero-order chi connectivity index (χ0) is 16.7. The molecule has 1 aliphatic rings. The number of nitrogens with two attached hydrogens (primary N) is 1. The van der Waals surface area contributed by atoms with E-state index in [1.807, 2.05) is 4.90 Å². The minimum atomic E-state index is -0.260. The summed E-state index contributed by atoms with van der Waals surface area (Å²) < 4.78 is 0. The Balaban J connectivity index is 1.63. The fourth-order valence-corrected chi connectivity index (χ4v) is 3.45. The molecule has 0 unspecified atom stereocenters. The minimum absolute atomic E-state index is 0.0135. The van der Waals surface area contributed by atoms with Gasteiger partial charge in [0, 0.05) is 23.7 Å². The average molecular weight is 335 g/mol. The lowest BCUT2D eigenvalue weighted by Crippen LogP contribution is -2.45. The van der Waals surface area contributed by atoms with Gasteiger partial charge < -0.3 is 11.1 Å². The molecule has 5 nitrogen and oxygen atoms in total. The molecular weight excluding hydrogens is 310 g/mol. The number of amides is 2. The van der Waals surface area contributed by atoms with Gasteiger partial charge in [-0.2, -0.15) is 0 Å². The van der Waals surface area contributed by atoms with Crippen LogP contribution in [0.25, 0.3) is 0 Å². The molecular formula is C17H25N3O2S. The number of carbonyl (C=O) groups excluding carboxylic acids is 2. The number of piperidine rings is 1. The predicted molar refractivity (Wildman–Crippen MR) is 93.3 cm³/mol. The first kappa shape index (κ1) is 17.8. The number of hydrogen-bond donors (Lipinski definition) is 2. The van der Waals surface area contributed by atoms with Gasteiger partial charge in [-0.15, -0.1) is 11.8 Å². The highest BCUT2D eigenvalue weighted by atomic mass is 32.2. The number of rotatable bonds is 7. The largest absolute Gasteiger partial charge is 0.369 e. The summed E-state index contributed by atoms with van der Waals surface area (Å²) in [6.45, 7) is 4.51. The summed E-state index contributed by atoms with van der Waals surface area (Å²) in [6, 6.07) is 8.37. The maximum atomic E-state index is 12.0. The summed E-state index contributed by atoms with van der Waals surface area (Å²) in [4.78, 5) is 26.4. The van der Waals surface area contributed by atoms with Gasteiger partial charge in [-0.25, -0.2) is 0 Å². The van der Waals surface area contributed by atoms with Crippen LogP contribution >= 0.6 is 11.8 Å². The van der Waals surface area contributed by atoms with Gasteiger partial charge in [0.2, 0.25) is 11.8 Å². The average Bonchev–Trinajstić information content (AvgIpc) is 2.53. The van der Waals surface area contributed by atoms with Crippen molar-refractivity contribution >= 4 is 23.6 Å². The summed E-state index contributed by atoms with van der Waals surface area (Å²) in [6.07, 6.45) is 1.75. The Kier molecular flexibility index (Phi) is 6.92. The number of thioether (sulfide) groups is 1. The van der Waals surface area contributed by atoms with E-state index in [-0.39, 0.29) is 17.7 Å². The van der Waals surface area contributed by atoms with E-state index in [0.717, 1.165) is 25.1 Å². The maximum absolute atomic E-state index is 12.0. The Morgan fingerprint density at radius 1 is 1.35 bits per heavy atom. The van der Waals surface area contributed by atoms with Crippen LogP contribution < -0.4 is 11.1 Å². The number of nitrogens with zero attached hydrogens (tertiary/aromatic N) is 1. The Bertz CT molecular complexity index is 533. The second-order valence-electron chi connectivity index (χ2n) is 5.99. The molecule has 2 amide bonds. The summed E-state index contributed by atoms with van der Waals surface area (Å²) in [5.74, 6) is 0.483. The van der Waals surface area contributed by atoms with E-state index in [9.17, 15) is 9.59 Å². The van der Waals surface area contributed by atoms with Gasteiger partial charge in [0.05, 0.1) is 12.5 Å². The zero-order valence-electron chi connectivity index (χ0n) is 13.6. The number of likely N-dealkylation sites (tertiary alicyclic amines) is 1. The molecule has 0 spiro atoms. The van der Waals surface area contributed by atoms with E-state index in [4.69, 9.17) is 5.73 Å². The Morgan fingerprint density at radius 3 is 2.78 bits per heavy atom. The topological polar surface area (TPSA) is 75.4 Å². The number of hydrogen-bond acceptors (Lipinski definition) is 4. The molecule has 1 fully saturated rings. The molecule has 1 atom stereocenters. The van der Waals surface area contributed by atoms with Crippen molar-refractivity contribution in [3.05, 3.63) is 29.8 Å². The fourth-order valence-electron chi connectivity index (χ4n) is 2.68. The lowest BCUT2D eigenvalue weighted by molar-refractivity contribution is -0.126. The van der Waals surface area contributed by atoms with Crippen LogP contribution in [0.4, 0.5) is 0 Å². The first-order valence-electron chi connectivity index (χ1n) is 8.02. The van der Waals surface area contributed by atoms with Crippen LogP contribution in [0.5, 0.6) is 0 Å². The standard InChI is InChI=1S/C17H25N3O2S/c1-13-4-6-15(7-5-13)23-10-8-19-16(21)12-20-9-2-3-14(11-20)17(18)22/h4-7,14H,2-3,8-12H2,1H3,(H2,18,22)(H,19,21)/t14-/m1/s1. The summed E-state index contributed by atoms with van der Waals surface area (Å²) in [5, 5.41) is 2.94. The number of nitrogens with one attached hydrogen (secondary N) is 1. The molecule has 3 N–H and O–H groups in total. The molecule has 0 bridgehead atoms. The Morgan fingerprint density at radius 2 is 2.09 bits per heavy atom. The van der Waals surface area contributed by atoms with Crippen molar-refractivity contribution < 1.29 is 9.59 Å². The summed E-state index contributed by atoms with van der Waals surface area (Å²) >= 11 is 1.73. The third-order valence-corrected chi connectivity index (χ3v) is 5.00. The molecule has 0 aliphatic carbocycles. The number of benzene rings is 1. The van der Waals surface area contributed by atoms with Crippen molar-refractivity contribution in [2.45, 2.75) is 24.7 Å². The monoisotopic (exact) mass is 335 g/mol. The van der Waals surface area contributed by atoms with Crippen LogP contribution in [0.1, 0.15) is 18.4 Å². The quantitative estimate of drug-likeness (QED) is 0.583. The van der Waals surface area contributed by atoms with E-state index >= 15 is 0 Å². The summed E-state index contributed by atoms with van der Waals surface area (Å²) in [5.41, 5.74) is 6.60. The van der Waals surface area contributed by atoms with Crippen LogP contribution in [0, 0.1) is 12.8 Å². The molecule has 2 rings (SSSR count). The van der Waals surface area contributed by atoms with Crippen molar-refractivity contribution in [2.75, 3.05) is 31.9 Å². The van der Waals surface area contributed by atoms with Crippen molar-refractivity contribution in [3.63, 3.8) is 0 Å². The first-order valence-corrected chi connectivity index (χ1v) is 9.01. The van der Waals surface area contributed by atoms with Crippen molar-refractivity contribution in [1.82, 2.24) is 10.2 Å². The molecule has 0 aromatic heterocycles. The van der Waals surface area contributed by atoms with Crippen molar-refractivity contribution in [1.29, 1.82) is 0 Å². The van der Waals surface area contributed by atoms with E-state index in [1.165, 1.54) is 10.5 Å². The molecule has 0 saturated carbocycles. The molecule has 1 aromatic rings. The SMILES string of the molecule is Cc1ccc(SCCNC(=O)CN2CCC[C@@H](C(N)=O)C2)cc1. The van der Waals surface area contributed by atoms with Crippen LogP contribution in [0.2, 0.25) is 0 Å². The lowest BCUT2D eigenvalue weighted by Gasteiger charge is -2.30. The smallest absolute Gasteiger partial charge is 0.234 e. The molecule has 1 saturated heterocycles. The molecule has 1 heterocycles. The van der Waals surface area contributed by atoms with Gasteiger partial charge in [0.1, 0.15) is 0 Å². The van der Waals surface area contributed by atoms with E-state index in [1.54, 1.807) is 11.8 Å². The van der Waals surface area contributed by atoms with Crippen LogP contribution in [-0.4, -0.2) is 48.6 Å². The highest BCUT2D eigenvalue weighted by Gasteiger charge is 2.24. The van der Waals surface area contributed by atoms with E-state index in [0.29, 0.717) is 19.6 Å². The fraction of sp³-hybridized carbons (Fsp3) is 0.529. The molecule has 0 radical (unpaired) electrons. The number of primary amides is 1. The lowest BCUT2D eigenvalue weighted by atomic mass is 9.97. The second kappa shape index (κ2) is 8.93. The van der Waals surface area contributed by atoms with E-state index < -0.39 is 0 Å². The van der Waals surface area contributed by atoms with Crippen LogP contribution in [0.3, 0.4) is 0 Å². The Hall–Kier alpha value is -1.53.